The molecule has 2 amide bonds. The quantitative estimate of drug-likeness (QED) is 0.862. The van der Waals surface area contributed by atoms with Crippen molar-refractivity contribution in [3.8, 4) is 0 Å². The third-order valence-corrected chi connectivity index (χ3v) is 5.34. The van der Waals surface area contributed by atoms with Gasteiger partial charge in [0.05, 0.1) is 10.2 Å². The van der Waals surface area contributed by atoms with Crippen molar-refractivity contribution in [1.82, 2.24) is 4.98 Å². The van der Waals surface area contributed by atoms with Crippen LogP contribution in [0.4, 0.5) is 10.8 Å². The number of thiazole rings is 1. The van der Waals surface area contributed by atoms with Gasteiger partial charge in [-0.25, -0.2) is 4.98 Å². The summed E-state index contributed by atoms with van der Waals surface area (Å²) in [6.45, 7) is 3.70. The van der Waals surface area contributed by atoms with Gasteiger partial charge in [0.25, 0.3) is 0 Å². The summed E-state index contributed by atoms with van der Waals surface area (Å²) in [6.07, 6.45) is 5.48. The maximum absolute atomic E-state index is 12.3. The van der Waals surface area contributed by atoms with Crippen LogP contribution in [0.5, 0.6) is 0 Å². The average Bonchev–Trinajstić information content (AvgIpc) is 2.97. The number of amides is 2. The number of nitrogens with one attached hydrogen (secondary N) is 2. The van der Waals surface area contributed by atoms with Gasteiger partial charge in [0.15, 0.2) is 5.13 Å². The number of nitrogens with zero attached hydrogens (tertiary/aromatic N) is 1. The summed E-state index contributed by atoms with van der Waals surface area (Å²) >= 11 is 1.44. The summed E-state index contributed by atoms with van der Waals surface area (Å²) in [5.74, 6) is 0.116. The van der Waals surface area contributed by atoms with E-state index in [9.17, 15) is 9.59 Å². The second-order valence-electron chi connectivity index (χ2n) is 6.67. The molecule has 0 unspecified atom stereocenters. The number of carbonyl (C=O) groups is 2. The van der Waals surface area contributed by atoms with E-state index in [1.165, 1.54) is 17.8 Å². The molecule has 1 saturated carbocycles. The molecular formula is C18H23N3O2S. The molecule has 1 fully saturated rings. The Morgan fingerprint density at radius 1 is 1.17 bits per heavy atom. The van der Waals surface area contributed by atoms with Gasteiger partial charge < -0.3 is 10.6 Å². The predicted octanol–water partition coefficient (Wildman–Crippen LogP) is 4.41. The van der Waals surface area contributed by atoms with E-state index < -0.39 is 0 Å². The lowest BCUT2D eigenvalue weighted by molar-refractivity contribution is -0.121. The van der Waals surface area contributed by atoms with Crippen LogP contribution in [0.25, 0.3) is 10.2 Å². The number of benzene rings is 1. The number of carbonyl (C=O) groups excluding carboxylic acids is 2. The van der Waals surface area contributed by atoms with Crippen LogP contribution < -0.4 is 10.6 Å². The van der Waals surface area contributed by atoms with Crippen molar-refractivity contribution in [1.29, 1.82) is 0 Å². The minimum atomic E-state index is -0.0812. The minimum Gasteiger partial charge on any atom is -0.326 e. The highest BCUT2D eigenvalue weighted by molar-refractivity contribution is 7.22. The molecular weight excluding hydrogens is 322 g/mol. The van der Waals surface area contributed by atoms with Crippen molar-refractivity contribution < 1.29 is 9.59 Å². The molecule has 1 aromatic heterocycles. The van der Waals surface area contributed by atoms with Gasteiger partial charge in [-0.2, -0.15) is 0 Å². The van der Waals surface area contributed by atoms with Gasteiger partial charge in [0.2, 0.25) is 11.8 Å². The van der Waals surface area contributed by atoms with Crippen LogP contribution in [0.3, 0.4) is 0 Å². The Balaban J connectivity index is 1.71. The molecule has 1 heterocycles. The lowest BCUT2D eigenvalue weighted by atomic mass is 9.88. The first-order valence-corrected chi connectivity index (χ1v) is 9.37. The van der Waals surface area contributed by atoms with E-state index in [0.29, 0.717) is 5.13 Å². The topological polar surface area (TPSA) is 71.1 Å². The molecule has 1 aliphatic carbocycles. The zero-order valence-corrected chi connectivity index (χ0v) is 14.9. The van der Waals surface area contributed by atoms with Crippen LogP contribution in [0.2, 0.25) is 0 Å². The molecule has 1 aromatic carbocycles. The van der Waals surface area contributed by atoms with Gasteiger partial charge in [-0.1, -0.05) is 44.4 Å². The first kappa shape index (κ1) is 16.9. The number of hydrogen-bond donors (Lipinski definition) is 2. The largest absolute Gasteiger partial charge is 0.326 e. The first-order chi connectivity index (χ1) is 11.5. The lowest BCUT2D eigenvalue weighted by Crippen LogP contribution is -2.24. The summed E-state index contributed by atoms with van der Waals surface area (Å²) in [4.78, 5) is 28.6. The van der Waals surface area contributed by atoms with E-state index in [4.69, 9.17) is 0 Å². The van der Waals surface area contributed by atoms with Crippen LogP contribution in [0.1, 0.15) is 46.0 Å². The van der Waals surface area contributed by atoms with E-state index in [1.807, 2.05) is 32.0 Å². The van der Waals surface area contributed by atoms with Gasteiger partial charge in [0.1, 0.15) is 0 Å². The summed E-state index contributed by atoms with van der Waals surface area (Å²) in [5.41, 5.74) is 1.56. The predicted molar refractivity (Wildman–Crippen MR) is 98.3 cm³/mol. The Morgan fingerprint density at radius 2 is 1.92 bits per heavy atom. The fourth-order valence-electron chi connectivity index (χ4n) is 2.92. The van der Waals surface area contributed by atoms with Gasteiger partial charge in [-0.05, 0) is 31.0 Å². The van der Waals surface area contributed by atoms with Gasteiger partial charge in [-0.3, -0.25) is 9.59 Å². The van der Waals surface area contributed by atoms with Crippen LogP contribution in [-0.2, 0) is 9.59 Å². The Morgan fingerprint density at radius 3 is 2.62 bits per heavy atom. The molecule has 3 rings (SSSR count). The zero-order valence-electron chi connectivity index (χ0n) is 14.1. The number of aromatic nitrogens is 1. The van der Waals surface area contributed by atoms with Crippen molar-refractivity contribution in [2.24, 2.45) is 11.8 Å². The summed E-state index contributed by atoms with van der Waals surface area (Å²) < 4.78 is 0.990. The molecule has 2 aromatic rings. The van der Waals surface area contributed by atoms with E-state index in [2.05, 4.69) is 15.6 Å². The molecule has 0 spiro atoms. The third kappa shape index (κ3) is 3.93. The highest BCUT2D eigenvalue weighted by atomic mass is 32.1. The average molecular weight is 345 g/mol. The molecule has 5 nitrogen and oxygen atoms in total. The molecule has 24 heavy (non-hydrogen) atoms. The molecule has 2 N–H and O–H groups in total. The van der Waals surface area contributed by atoms with Crippen molar-refractivity contribution >= 4 is 44.2 Å². The van der Waals surface area contributed by atoms with Crippen LogP contribution >= 0.6 is 11.3 Å². The molecule has 0 radical (unpaired) electrons. The van der Waals surface area contributed by atoms with Crippen molar-refractivity contribution in [2.75, 3.05) is 10.6 Å². The first-order valence-electron chi connectivity index (χ1n) is 8.55. The monoisotopic (exact) mass is 345 g/mol. The summed E-state index contributed by atoms with van der Waals surface area (Å²) in [5, 5.41) is 6.43. The van der Waals surface area contributed by atoms with Gasteiger partial charge >= 0.3 is 0 Å². The fourth-order valence-corrected chi connectivity index (χ4v) is 3.77. The van der Waals surface area contributed by atoms with Crippen molar-refractivity contribution in [3.05, 3.63) is 18.2 Å². The van der Waals surface area contributed by atoms with Crippen molar-refractivity contribution in [3.63, 3.8) is 0 Å². The standard InChI is InChI=1S/C18H23N3O2S/c1-11(2)16(22)21-18-20-14-10-13(8-9-15(14)24-18)19-17(23)12-6-4-3-5-7-12/h8-12H,3-7H2,1-2H3,(H,19,23)(H,20,21,22). The van der Waals surface area contributed by atoms with Crippen LogP contribution in [0.15, 0.2) is 18.2 Å². The fraction of sp³-hybridized carbons (Fsp3) is 0.500. The van der Waals surface area contributed by atoms with Crippen molar-refractivity contribution in [2.45, 2.75) is 46.0 Å². The second-order valence-corrected chi connectivity index (χ2v) is 7.70. The molecule has 6 heteroatoms. The molecule has 1 aliphatic rings. The number of hydrogen-bond acceptors (Lipinski definition) is 4. The van der Waals surface area contributed by atoms with Crippen LogP contribution in [0, 0.1) is 11.8 Å². The lowest BCUT2D eigenvalue weighted by Gasteiger charge is -2.20. The molecule has 0 bridgehead atoms. The maximum Gasteiger partial charge on any atom is 0.228 e. The number of rotatable bonds is 4. The number of anilines is 2. The van der Waals surface area contributed by atoms with E-state index in [1.54, 1.807) is 0 Å². The Hall–Kier alpha value is -1.95. The normalized spacial score (nSPS) is 15.6. The SMILES string of the molecule is CC(C)C(=O)Nc1nc2cc(NC(=O)C3CCCCC3)ccc2s1. The Kier molecular flexibility index (Phi) is 5.14. The van der Waals surface area contributed by atoms with E-state index in [0.717, 1.165) is 41.6 Å². The van der Waals surface area contributed by atoms with Gasteiger partial charge in [-0.15, -0.1) is 0 Å². The van der Waals surface area contributed by atoms with E-state index >= 15 is 0 Å². The Bertz CT molecular complexity index is 748. The highest BCUT2D eigenvalue weighted by Crippen LogP contribution is 2.29. The molecule has 0 aliphatic heterocycles. The summed E-state index contributed by atoms with van der Waals surface area (Å²) in [6, 6.07) is 5.71. The van der Waals surface area contributed by atoms with Crippen LogP contribution in [-0.4, -0.2) is 16.8 Å². The Labute approximate surface area is 145 Å². The second kappa shape index (κ2) is 7.30. The smallest absolute Gasteiger partial charge is 0.228 e. The maximum atomic E-state index is 12.3. The molecule has 128 valence electrons. The van der Waals surface area contributed by atoms with Gasteiger partial charge in [0, 0.05) is 17.5 Å². The molecule has 0 saturated heterocycles. The highest BCUT2D eigenvalue weighted by Gasteiger charge is 2.21. The third-order valence-electron chi connectivity index (χ3n) is 4.39. The number of fused-ring (bicyclic) bond motifs is 1. The zero-order chi connectivity index (χ0) is 17.1. The summed E-state index contributed by atoms with van der Waals surface area (Å²) in [7, 11) is 0. The molecule has 0 atom stereocenters. The minimum absolute atomic E-state index is 0.0418. The van der Waals surface area contributed by atoms with E-state index in [-0.39, 0.29) is 23.7 Å².